The Labute approximate surface area is 74.8 Å². The number of ether oxygens (including phenoxy) is 1. The third-order valence-corrected chi connectivity index (χ3v) is 3.38. The minimum Gasteiger partial charge on any atom is -0.369 e. The van der Waals surface area contributed by atoms with Crippen molar-refractivity contribution in [2.24, 2.45) is 5.92 Å². The first-order valence-corrected chi connectivity index (χ1v) is 5.12. The summed E-state index contributed by atoms with van der Waals surface area (Å²) in [4.78, 5) is 0. The van der Waals surface area contributed by atoms with Crippen LogP contribution in [0.1, 0.15) is 38.5 Å². The minimum absolute atomic E-state index is 0.348. The minimum atomic E-state index is 0.348. The van der Waals surface area contributed by atoms with Crippen LogP contribution >= 0.6 is 0 Å². The zero-order valence-corrected chi connectivity index (χ0v) is 7.72. The average Bonchev–Trinajstić information content (AvgIpc) is 2.85. The van der Waals surface area contributed by atoms with E-state index in [-0.39, 0.29) is 0 Å². The molecule has 1 heterocycles. The molecule has 1 aliphatic carbocycles. The standard InChI is InChI=1S/C11H18O/c1-2-3-6-10-7-4-5-8-11(10)9-12-11/h2,10H,1,3-9H2. The fraction of sp³-hybridized carbons (Fsp3) is 0.818. The summed E-state index contributed by atoms with van der Waals surface area (Å²) in [6, 6.07) is 0. The second-order valence-electron chi connectivity index (χ2n) is 4.16. The van der Waals surface area contributed by atoms with Gasteiger partial charge in [0.1, 0.15) is 0 Å². The molecular formula is C11H18O. The van der Waals surface area contributed by atoms with E-state index in [0.717, 1.165) is 18.9 Å². The molecular weight excluding hydrogens is 148 g/mol. The number of allylic oxidation sites excluding steroid dienone is 1. The zero-order chi connectivity index (χ0) is 8.44. The van der Waals surface area contributed by atoms with E-state index in [9.17, 15) is 0 Å². The van der Waals surface area contributed by atoms with Crippen molar-refractivity contribution in [3.8, 4) is 0 Å². The first kappa shape index (κ1) is 8.31. The predicted octanol–water partition coefficient (Wildman–Crippen LogP) is 2.91. The molecule has 2 fully saturated rings. The van der Waals surface area contributed by atoms with E-state index >= 15 is 0 Å². The van der Waals surface area contributed by atoms with Crippen LogP contribution in [0, 0.1) is 5.92 Å². The first-order chi connectivity index (χ1) is 5.87. The molecule has 0 aromatic heterocycles. The molecule has 0 aromatic rings. The SMILES string of the molecule is C=CCCC1CCCCC12CO2. The highest BCUT2D eigenvalue weighted by Gasteiger charge is 2.51. The quantitative estimate of drug-likeness (QED) is 0.464. The Kier molecular flexibility index (Phi) is 2.22. The van der Waals surface area contributed by atoms with Crippen LogP contribution in [0.5, 0.6) is 0 Å². The lowest BCUT2D eigenvalue weighted by atomic mass is 9.77. The average molecular weight is 166 g/mol. The molecule has 0 radical (unpaired) electrons. The van der Waals surface area contributed by atoms with E-state index in [1.807, 2.05) is 6.08 Å². The normalized spacial score (nSPS) is 39.8. The molecule has 2 rings (SSSR count). The Hall–Kier alpha value is -0.300. The van der Waals surface area contributed by atoms with Gasteiger partial charge in [0.2, 0.25) is 0 Å². The number of hydrogen-bond donors (Lipinski definition) is 0. The fourth-order valence-electron chi connectivity index (χ4n) is 2.48. The van der Waals surface area contributed by atoms with Gasteiger partial charge in [0, 0.05) is 0 Å². The van der Waals surface area contributed by atoms with Gasteiger partial charge in [-0.25, -0.2) is 0 Å². The summed E-state index contributed by atoms with van der Waals surface area (Å²) in [7, 11) is 0. The molecule has 1 aliphatic heterocycles. The summed E-state index contributed by atoms with van der Waals surface area (Å²) in [5, 5.41) is 0. The van der Waals surface area contributed by atoms with Crippen molar-refractivity contribution in [1.82, 2.24) is 0 Å². The first-order valence-electron chi connectivity index (χ1n) is 5.12. The van der Waals surface area contributed by atoms with Gasteiger partial charge in [-0.1, -0.05) is 18.9 Å². The van der Waals surface area contributed by atoms with Crippen LogP contribution in [0.3, 0.4) is 0 Å². The Morgan fingerprint density at radius 3 is 3.00 bits per heavy atom. The van der Waals surface area contributed by atoms with Gasteiger partial charge in [0.15, 0.2) is 0 Å². The fourth-order valence-corrected chi connectivity index (χ4v) is 2.48. The highest BCUT2D eigenvalue weighted by Crippen LogP contribution is 2.47. The summed E-state index contributed by atoms with van der Waals surface area (Å²) in [5.41, 5.74) is 0.348. The Morgan fingerprint density at radius 1 is 1.50 bits per heavy atom. The molecule has 2 unspecified atom stereocenters. The summed E-state index contributed by atoms with van der Waals surface area (Å²) >= 11 is 0. The second kappa shape index (κ2) is 3.21. The third-order valence-electron chi connectivity index (χ3n) is 3.38. The van der Waals surface area contributed by atoms with Crippen molar-refractivity contribution in [1.29, 1.82) is 0 Å². The Balaban J connectivity index is 1.88. The molecule has 1 saturated carbocycles. The molecule has 2 atom stereocenters. The highest BCUT2D eigenvalue weighted by atomic mass is 16.6. The van der Waals surface area contributed by atoms with Crippen LogP contribution in [0.25, 0.3) is 0 Å². The molecule has 1 heteroatoms. The van der Waals surface area contributed by atoms with Crippen molar-refractivity contribution in [2.75, 3.05) is 6.61 Å². The van der Waals surface area contributed by atoms with E-state index in [4.69, 9.17) is 4.74 Å². The smallest absolute Gasteiger partial charge is 0.0944 e. The van der Waals surface area contributed by atoms with Gasteiger partial charge in [0.05, 0.1) is 12.2 Å². The summed E-state index contributed by atoms with van der Waals surface area (Å²) in [6.07, 6.45) is 9.98. The molecule has 0 aromatic carbocycles. The topological polar surface area (TPSA) is 12.5 Å². The zero-order valence-electron chi connectivity index (χ0n) is 7.72. The van der Waals surface area contributed by atoms with Crippen LogP contribution in [0.2, 0.25) is 0 Å². The molecule has 1 saturated heterocycles. The lowest BCUT2D eigenvalue weighted by Crippen LogP contribution is -2.28. The van der Waals surface area contributed by atoms with Crippen molar-refractivity contribution in [3.63, 3.8) is 0 Å². The molecule has 1 nitrogen and oxygen atoms in total. The van der Waals surface area contributed by atoms with Crippen LogP contribution < -0.4 is 0 Å². The van der Waals surface area contributed by atoms with E-state index < -0.39 is 0 Å². The van der Waals surface area contributed by atoms with Crippen LogP contribution in [0.4, 0.5) is 0 Å². The Morgan fingerprint density at radius 2 is 2.33 bits per heavy atom. The van der Waals surface area contributed by atoms with Gasteiger partial charge >= 0.3 is 0 Å². The van der Waals surface area contributed by atoms with Crippen molar-refractivity contribution in [3.05, 3.63) is 12.7 Å². The van der Waals surface area contributed by atoms with Crippen molar-refractivity contribution in [2.45, 2.75) is 44.1 Å². The molecule has 1 spiro atoms. The monoisotopic (exact) mass is 166 g/mol. The molecule has 68 valence electrons. The molecule has 0 bridgehead atoms. The second-order valence-corrected chi connectivity index (χ2v) is 4.16. The number of epoxide rings is 1. The van der Waals surface area contributed by atoms with Gasteiger partial charge in [0.25, 0.3) is 0 Å². The van der Waals surface area contributed by atoms with E-state index in [1.54, 1.807) is 0 Å². The third kappa shape index (κ3) is 1.42. The lowest BCUT2D eigenvalue weighted by Gasteiger charge is -2.28. The van der Waals surface area contributed by atoms with Crippen molar-refractivity contribution < 1.29 is 4.74 Å². The van der Waals surface area contributed by atoms with Gasteiger partial charge in [-0.3, -0.25) is 0 Å². The van der Waals surface area contributed by atoms with Gasteiger partial charge in [-0.2, -0.15) is 0 Å². The largest absolute Gasteiger partial charge is 0.369 e. The van der Waals surface area contributed by atoms with Gasteiger partial charge in [-0.05, 0) is 31.6 Å². The molecule has 0 N–H and O–H groups in total. The summed E-state index contributed by atoms with van der Waals surface area (Å²) in [6.45, 7) is 4.81. The van der Waals surface area contributed by atoms with Crippen LogP contribution in [0.15, 0.2) is 12.7 Å². The van der Waals surface area contributed by atoms with Gasteiger partial charge < -0.3 is 4.74 Å². The summed E-state index contributed by atoms with van der Waals surface area (Å²) in [5.74, 6) is 0.837. The van der Waals surface area contributed by atoms with E-state index in [2.05, 4.69) is 6.58 Å². The van der Waals surface area contributed by atoms with Crippen LogP contribution in [-0.2, 0) is 4.74 Å². The number of rotatable bonds is 3. The van der Waals surface area contributed by atoms with Crippen molar-refractivity contribution >= 4 is 0 Å². The van der Waals surface area contributed by atoms with Gasteiger partial charge in [-0.15, -0.1) is 6.58 Å². The highest BCUT2D eigenvalue weighted by molar-refractivity contribution is 5.00. The lowest BCUT2D eigenvalue weighted by molar-refractivity contribution is 0.152. The van der Waals surface area contributed by atoms with E-state index in [0.29, 0.717) is 5.60 Å². The maximum atomic E-state index is 5.61. The number of hydrogen-bond acceptors (Lipinski definition) is 1. The maximum Gasteiger partial charge on any atom is 0.0944 e. The maximum absolute atomic E-state index is 5.61. The molecule has 2 aliphatic rings. The van der Waals surface area contributed by atoms with E-state index in [1.165, 1.54) is 32.1 Å². The predicted molar refractivity (Wildman–Crippen MR) is 50.1 cm³/mol. The summed E-state index contributed by atoms with van der Waals surface area (Å²) < 4.78 is 5.61. The Bertz CT molecular complexity index is 170. The van der Waals surface area contributed by atoms with Crippen LogP contribution in [-0.4, -0.2) is 12.2 Å². The molecule has 12 heavy (non-hydrogen) atoms. The molecule has 0 amide bonds.